The molecule has 1 aromatic heterocycles. The van der Waals surface area contributed by atoms with Crippen LogP contribution >= 0.6 is 0 Å². The van der Waals surface area contributed by atoms with Gasteiger partial charge in [0.2, 0.25) is 11.7 Å². The molecule has 21 heavy (non-hydrogen) atoms. The molecule has 0 fully saturated rings. The summed E-state index contributed by atoms with van der Waals surface area (Å²) in [6.07, 6.45) is 0.728. The molecule has 1 aliphatic rings. The van der Waals surface area contributed by atoms with Gasteiger partial charge < -0.3 is 19.3 Å². The minimum Gasteiger partial charge on any atom is -0.491 e. The fourth-order valence-electron chi connectivity index (χ4n) is 2.34. The first kappa shape index (κ1) is 13.9. The van der Waals surface area contributed by atoms with Gasteiger partial charge in [0.1, 0.15) is 18.1 Å². The third-order valence-electron chi connectivity index (χ3n) is 3.40. The number of likely N-dealkylation sites (N-methyl/N-ethyl adjacent to an activating group) is 1. The lowest BCUT2D eigenvalue weighted by Gasteiger charge is -2.09. The van der Waals surface area contributed by atoms with Gasteiger partial charge in [0.15, 0.2) is 6.61 Å². The summed E-state index contributed by atoms with van der Waals surface area (Å²) >= 11 is 0. The molecule has 1 N–H and O–H groups in total. The highest BCUT2D eigenvalue weighted by Gasteiger charge is 2.23. The first-order chi connectivity index (χ1) is 10.3. The second kappa shape index (κ2) is 6.13. The minimum absolute atomic E-state index is 0.267. The molecule has 0 radical (unpaired) electrons. The predicted molar refractivity (Wildman–Crippen MR) is 76.4 cm³/mol. The van der Waals surface area contributed by atoms with E-state index in [9.17, 15) is 0 Å². The highest BCUT2D eigenvalue weighted by Crippen LogP contribution is 2.35. The van der Waals surface area contributed by atoms with Crippen LogP contribution in [0.1, 0.15) is 37.2 Å². The molecular formula is C15H19N3O3. The Labute approximate surface area is 123 Å². The lowest BCUT2D eigenvalue weighted by molar-refractivity contribution is 0.281. The number of hydrogen-bond donors (Lipinski definition) is 1. The zero-order chi connectivity index (χ0) is 14.7. The number of ether oxygens (including phenoxy) is 2. The number of benzene rings is 1. The quantitative estimate of drug-likeness (QED) is 0.879. The molecule has 0 spiro atoms. The summed E-state index contributed by atoms with van der Waals surface area (Å²) in [5.41, 5.74) is 1.18. The van der Waals surface area contributed by atoms with E-state index in [0.29, 0.717) is 24.9 Å². The zero-order valence-electron chi connectivity index (χ0n) is 12.3. The maximum atomic E-state index is 5.69. The molecule has 2 heterocycles. The van der Waals surface area contributed by atoms with E-state index in [1.165, 1.54) is 5.56 Å². The highest BCUT2D eigenvalue weighted by molar-refractivity contribution is 5.45. The largest absolute Gasteiger partial charge is 0.491 e. The van der Waals surface area contributed by atoms with Crippen molar-refractivity contribution in [3.8, 4) is 11.5 Å². The number of aryl methyl sites for hydroxylation is 1. The van der Waals surface area contributed by atoms with Crippen molar-refractivity contribution < 1.29 is 14.0 Å². The summed E-state index contributed by atoms with van der Waals surface area (Å²) in [4.78, 5) is 4.21. The Morgan fingerprint density at radius 1 is 1.38 bits per heavy atom. The number of fused-ring (bicyclic) bond motifs is 1. The SMILES string of the molecule is CCNC1COc2cc(OCc3noc(CC)n3)ccc21. The summed E-state index contributed by atoms with van der Waals surface area (Å²) in [5.74, 6) is 2.80. The molecule has 1 atom stereocenters. The molecule has 1 unspecified atom stereocenters. The van der Waals surface area contributed by atoms with E-state index in [2.05, 4.69) is 22.4 Å². The molecule has 0 saturated carbocycles. The fraction of sp³-hybridized carbons (Fsp3) is 0.467. The Kier molecular flexibility index (Phi) is 4.06. The Balaban J connectivity index is 1.65. The Morgan fingerprint density at radius 3 is 3.05 bits per heavy atom. The van der Waals surface area contributed by atoms with Crippen LogP contribution in [-0.4, -0.2) is 23.3 Å². The van der Waals surface area contributed by atoms with Gasteiger partial charge in [-0.25, -0.2) is 0 Å². The van der Waals surface area contributed by atoms with E-state index in [1.54, 1.807) is 0 Å². The third kappa shape index (κ3) is 3.00. The fourth-order valence-corrected chi connectivity index (χ4v) is 2.34. The van der Waals surface area contributed by atoms with Gasteiger partial charge in [-0.1, -0.05) is 19.0 Å². The van der Waals surface area contributed by atoms with Gasteiger partial charge in [-0.3, -0.25) is 0 Å². The lowest BCUT2D eigenvalue weighted by Crippen LogP contribution is -2.21. The van der Waals surface area contributed by atoms with E-state index >= 15 is 0 Å². The van der Waals surface area contributed by atoms with Crippen LogP contribution in [0.25, 0.3) is 0 Å². The summed E-state index contributed by atoms with van der Waals surface area (Å²) in [7, 11) is 0. The average molecular weight is 289 g/mol. The van der Waals surface area contributed by atoms with Crippen LogP contribution in [0, 0.1) is 0 Å². The van der Waals surface area contributed by atoms with Crippen molar-refractivity contribution in [3.63, 3.8) is 0 Å². The van der Waals surface area contributed by atoms with Crippen LogP contribution in [0.3, 0.4) is 0 Å². The summed E-state index contributed by atoms with van der Waals surface area (Å²) in [6, 6.07) is 6.16. The zero-order valence-corrected chi connectivity index (χ0v) is 12.3. The maximum Gasteiger partial charge on any atom is 0.226 e. The predicted octanol–water partition coefficient (Wildman–Crippen LogP) is 2.25. The summed E-state index contributed by atoms with van der Waals surface area (Å²) in [6.45, 7) is 5.93. The molecule has 0 amide bonds. The minimum atomic E-state index is 0.267. The van der Waals surface area contributed by atoms with Crippen LogP contribution in [0.15, 0.2) is 22.7 Å². The van der Waals surface area contributed by atoms with Crippen LogP contribution in [-0.2, 0) is 13.0 Å². The number of hydrogen-bond acceptors (Lipinski definition) is 6. The highest BCUT2D eigenvalue weighted by atomic mass is 16.5. The van der Waals surface area contributed by atoms with Gasteiger partial charge >= 0.3 is 0 Å². The second-order valence-corrected chi connectivity index (χ2v) is 4.87. The van der Waals surface area contributed by atoms with Gasteiger partial charge in [-0.05, 0) is 18.7 Å². The van der Waals surface area contributed by atoms with Crippen LogP contribution in [0.5, 0.6) is 11.5 Å². The van der Waals surface area contributed by atoms with Gasteiger partial charge in [-0.15, -0.1) is 0 Å². The number of nitrogens with zero attached hydrogens (tertiary/aromatic N) is 2. The van der Waals surface area contributed by atoms with E-state index in [4.69, 9.17) is 14.0 Å². The average Bonchev–Trinajstić information content (AvgIpc) is 3.12. The lowest BCUT2D eigenvalue weighted by atomic mass is 10.1. The second-order valence-electron chi connectivity index (χ2n) is 4.87. The van der Waals surface area contributed by atoms with Crippen molar-refractivity contribution in [2.45, 2.75) is 32.9 Å². The standard InChI is InChI=1S/C15H19N3O3/c1-3-15-17-14(18-21-15)9-19-10-5-6-11-12(16-4-2)8-20-13(11)7-10/h5-7,12,16H,3-4,8-9H2,1-2H3. The molecular weight excluding hydrogens is 270 g/mol. The molecule has 3 rings (SSSR count). The van der Waals surface area contributed by atoms with Gasteiger partial charge in [-0.2, -0.15) is 4.98 Å². The molecule has 6 nitrogen and oxygen atoms in total. The first-order valence-corrected chi connectivity index (χ1v) is 7.24. The van der Waals surface area contributed by atoms with Crippen molar-refractivity contribution in [2.24, 2.45) is 0 Å². The van der Waals surface area contributed by atoms with E-state index in [-0.39, 0.29) is 6.04 Å². The Hall–Kier alpha value is -2.08. The third-order valence-corrected chi connectivity index (χ3v) is 3.40. The number of rotatable bonds is 6. The van der Waals surface area contributed by atoms with E-state index in [0.717, 1.165) is 24.5 Å². The summed E-state index contributed by atoms with van der Waals surface area (Å²) < 4.78 is 16.4. The monoisotopic (exact) mass is 289 g/mol. The molecule has 6 heteroatoms. The number of nitrogens with one attached hydrogen (secondary N) is 1. The smallest absolute Gasteiger partial charge is 0.226 e. The molecule has 1 aliphatic heterocycles. The van der Waals surface area contributed by atoms with Gasteiger partial charge in [0, 0.05) is 18.1 Å². The maximum absolute atomic E-state index is 5.69. The van der Waals surface area contributed by atoms with Crippen molar-refractivity contribution in [1.29, 1.82) is 0 Å². The normalized spacial score (nSPS) is 16.6. The Morgan fingerprint density at radius 2 is 2.29 bits per heavy atom. The van der Waals surface area contributed by atoms with Gasteiger partial charge in [0.25, 0.3) is 0 Å². The van der Waals surface area contributed by atoms with Crippen molar-refractivity contribution in [3.05, 3.63) is 35.5 Å². The molecule has 1 aromatic carbocycles. The number of aromatic nitrogens is 2. The van der Waals surface area contributed by atoms with E-state index < -0.39 is 0 Å². The van der Waals surface area contributed by atoms with Gasteiger partial charge in [0.05, 0.1) is 6.04 Å². The van der Waals surface area contributed by atoms with Crippen molar-refractivity contribution in [2.75, 3.05) is 13.2 Å². The first-order valence-electron chi connectivity index (χ1n) is 7.24. The van der Waals surface area contributed by atoms with Crippen molar-refractivity contribution >= 4 is 0 Å². The molecule has 112 valence electrons. The molecule has 0 aliphatic carbocycles. The van der Waals surface area contributed by atoms with Crippen molar-refractivity contribution in [1.82, 2.24) is 15.5 Å². The van der Waals surface area contributed by atoms with Crippen LogP contribution in [0.4, 0.5) is 0 Å². The summed E-state index contributed by atoms with van der Waals surface area (Å²) in [5, 5.41) is 7.25. The van der Waals surface area contributed by atoms with Crippen LogP contribution < -0.4 is 14.8 Å². The molecule has 2 aromatic rings. The van der Waals surface area contributed by atoms with Crippen LogP contribution in [0.2, 0.25) is 0 Å². The Bertz CT molecular complexity index is 612. The molecule has 0 bridgehead atoms. The van der Waals surface area contributed by atoms with E-state index in [1.807, 2.05) is 25.1 Å². The molecule has 0 saturated heterocycles. The topological polar surface area (TPSA) is 69.4 Å².